The normalized spacial score (nSPS) is 19.9. The van der Waals surface area contributed by atoms with Crippen molar-refractivity contribution in [2.24, 2.45) is 5.92 Å². The molecule has 4 nitrogen and oxygen atoms in total. The van der Waals surface area contributed by atoms with Crippen molar-refractivity contribution in [3.63, 3.8) is 0 Å². The largest absolute Gasteiger partial charge is 0.356 e. The molecule has 2 heterocycles. The molecule has 1 aromatic heterocycles. The van der Waals surface area contributed by atoms with E-state index in [1.54, 1.807) is 0 Å². The number of piperidine rings is 1. The summed E-state index contributed by atoms with van der Waals surface area (Å²) < 4.78 is 0. The van der Waals surface area contributed by atoms with Crippen LogP contribution < -0.4 is 9.80 Å². The van der Waals surface area contributed by atoms with Crippen LogP contribution in [0.15, 0.2) is 12.3 Å². The van der Waals surface area contributed by atoms with Gasteiger partial charge in [0.15, 0.2) is 0 Å². The van der Waals surface area contributed by atoms with E-state index >= 15 is 0 Å². The average Bonchev–Trinajstić information content (AvgIpc) is 2.39. The van der Waals surface area contributed by atoms with Crippen molar-refractivity contribution in [1.82, 2.24) is 9.97 Å². The topological polar surface area (TPSA) is 32.3 Å². The van der Waals surface area contributed by atoms with E-state index in [9.17, 15) is 0 Å². The Morgan fingerprint density at radius 3 is 3.06 bits per heavy atom. The highest BCUT2D eigenvalue weighted by Crippen LogP contribution is 2.24. The predicted molar refractivity (Wildman–Crippen MR) is 79.7 cm³/mol. The quantitative estimate of drug-likeness (QED) is 0.800. The molecule has 0 radical (unpaired) electrons. The van der Waals surface area contributed by atoms with Crippen LogP contribution in [-0.4, -0.2) is 42.5 Å². The van der Waals surface area contributed by atoms with Crippen LogP contribution >= 0.6 is 15.9 Å². The van der Waals surface area contributed by atoms with Crippen molar-refractivity contribution >= 4 is 27.7 Å². The molecule has 1 aliphatic rings. The van der Waals surface area contributed by atoms with Crippen molar-refractivity contribution in [1.29, 1.82) is 0 Å². The number of halogens is 1. The summed E-state index contributed by atoms with van der Waals surface area (Å²) in [6.45, 7) is 2.23. The van der Waals surface area contributed by atoms with Gasteiger partial charge in [0.1, 0.15) is 5.82 Å². The molecule has 0 bridgehead atoms. The Balaban J connectivity index is 2.08. The summed E-state index contributed by atoms with van der Waals surface area (Å²) >= 11 is 3.54. The fraction of sp³-hybridized carbons (Fsp3) is 0.692. The van der Waals surface area contributed by atoms with E-state index in [-0.39, 0.29) is 0 Å². The molecular weight excluding hydrogens is 292 g/mol. The van der Waals surface area contributed by atoms with Gasteiger partial charge in [-0.05, 0) is 31.2 Å². The van der Waals surface area contributed by atoms with E-state index in [4.69, 9.17) is 0 Å². The van der Waals surface area contributed by atoms with Gasteiger partial charge < -0.3 is 9.80 Å². The minimum atomic E-state index is 0.787. The molecule has 2 rings (SSSR count). The van der Waals surface area contributed by atoms with E-state index < -0.39 is 0 Å². The first-order valence-electron chi connectivity index (χ1n) is 6.52. The van der Waals surface area contributed by atoms with Crippen molar-refractivity contribution in [3.05, 3.63) is 12.3 Å². The fourth-order valence-corrected chi connectivity index (χ4v) is 3.04. The average molecular weight is 313 g/mol. The second kappa shape index (κ2) is 6.36. The lowest BCUT2D eigenvalue weighted by Crippen LogP contribution is -2.36. The third kappa shape index (κ3) is 3.34. The molecule has 0 aliphatic carbocycles. The molecule has 0 aromatic carbocycles. The summed E-state index contributed by atoms with van der Waals surface area (Å²) in [6.07, 6.45) is 5.71. The van der Waals surface area contributed by atoms with Crippen molar-refractivity contribution in [2.75, 3.05) is 42.3 Å². The third-order valence-electron chi connectivity index (χ3n) is 3.39. The minimum Gasteiger partial charge on any atom is -0.356 e. The van der Waals surface area contributed by atoms with Gasteiger partial charge in [-0.3, -0.25) is 0 Å². The molecule has 0 amide bonds. The maximum absolute atomic E-state index is 4.62. The van der Waals surface area contributed by atoms with Gasteiger partial charge in [-0.15, -0.1) is 0 Å². The zero-order chi connectivity index (χ0) is 13.0. The maximum Gasteiger partial charge on any atom is 0.226 e. The standard InChI is InChI=1S/C13H21BrN4/c1-17(2)13-15-8-6-12(16-13)18-9-3-4-11(10-18)5-7-14/h6,8,11H,3-5,7,9-10H2,1-2H3. The van der Waals surface area contributed by atoms with Gasteiger partial charge in [-0.2, -0.15) is 4.98 Å². The van der Waals surface area contributed by atoms with Crippen LogP contribution in [0.3, 0.4) is 0 Å². The van der Waals surface area contributed by atoms with Gasteiger partial charge in [0, 0.05) is 38.7 Å². The van der Waals surface area contributed by atoms with Crippen molar-refractivity contribution < 1.29 is 0 Å². The zero-order valence-electron chi connectivity index (χ0n) is 11.1. The smallest absolute Gasteiger partial charge is 0.226 e. The van der Waals surface area contributed by atoms with Gasteiger partial charge in [0.05, 0.1) is 0 Å². The lowest BCUT2D eigenvalue weighted by atomic mass is 9.96. The molecule has 1 fully saturated rings. The fourth-order valence-electron chi connectivity index (χ4n) is 2.39. The van der Waals surface area contributed by atoms with E-state index in [0.717, 1.165) is 36.1 Å². The maximum atomic E-state index is 4.62. The Hall–Kier alpha value is -0.840. The van der Waals surface area contributed by atoms with E-state index in [1.807, 2.05) is 31.3 Å². The van der Waals surface area contributed by atoms with Crippen LogP contribution in [0, 0.1) is 5.92 Å². The summed E-state index contributed by atoms with van der Waals surface area (Å²) in [5.41, 5.74) is 0. The second-order valence-electron chi connectivity index (χ2n) is 5.04. The highest BCUT2D eigenvalue weighted by Gasteiger charge is 2.20. The van der Waals surface area contributed by atoms with Gasteiger partial charge in [0.25, 0.3) is 0 Å². The Morgan fingerprint density at radius 1 is 1.50 bits per heavy atom. The molecule has 0 saturated carbocycles. The van der Waals surface area contributed by atoms with Crippen LogP contribution in [0.1, 0.15) is 19.3 Å². The van der Waals surface area contributed by atoms with Crippen LogP contribution in [-0.2, 0) is 0 Å². The summed E-state index contributed by atoms with van der Waals surface area (Å²) in [5.74, 6) is 2.64. The molecule has 1 aromatic rings. The van der Waals surface area contributed by atoms with Crippen LogP contribution in [0.5, 0.6) is 0 Å². The molecule has 1 unspecified atom stereocenters. The minimum absolute atomic E-state index is 0.787. The molecule has 1 saturated heterocycles. The van der Waals surface area contributed by atoms with Crippen molar-refractivity contribution in [3.8, 4) is 0 Å². The van der Waals surface area contributed by atoms with E-state index in [0.29, 0.717) is 0 Å². The summed E-state index contributed by atoms with van der Waals surface area (Å²) in [4.78, 5) is 13.2. The first kappa shape index (κ1) is 13.6. The molecule has 100 valence electrons. The molecule has 0 N–H and O–H groups in total. The predicted octanol–water partition coefficient (Wildman–Crippen LogP) is 2.54. The first-order chi connectivity index (χ1) is 8.70. The molecular formula is C13H21BrN4. The number of nitrogens with zero attached hydrogens (tertiary/aromatic N) is 4. The van der Waals surface area contributed by atoms with Crippen molar-refractivity contribution in [2.45, 2.75) is 19.3 Å². The monoisotopic (exact) mass is 312 g/mol. The van der Waals surface area contributed by atoms with Crippen LogP contribution in [0.25, 0.3) is 0 Å². The lowest BCUT2D eigenvalue weighted by Gasteiger charge is -2.33. The summed E-state index contributed by atoms with van der Waals surface area (Å²) in [7, 11) is 3.95. The number of aromatic nitrogens is 2. The number of hydrogen-bond acceptors (Lipinski definition) is 4. The van der Waals surface area contributed by atoms with E-state index in [1.165, 1.54) is 19.3 Å². The number of rotatable bonds is 4. The van der Waals surface area contributed by atoms with E-state index in [2.05, 4.69) is 30.8 Å². The van der Waals surface area contributed by atoms with Crippen LogP contribution in [0.2, 0.25) is 0 Å². The first-order valence-corrected chi connectivity index (χ1v) is 7.64. The number of anilines is 2. The van der Waals surface area contributed by atoms with Crippen LogP contribution in [0.4, 0.5) is 11.8 Å². The van der Waals surface area contributed by atoms with Gasteiger partial charge in [-0.1, -0.05) is 15.9 Å². The molecule has 18 heavy (non-hydrogen) atoms. The summed E-state index contributed by atoms with van der Waals surface area (Å²) in [6, 6.07) is 2.02. The third-order valence-corrected chi connectivity index (χ3v) is 3.85. The Labute approximate surface area is 118 Å². The molecule has 0 spiro atoms. The Morgan fingerprint density at radius 2 is 2.33 bits per heavy atom. The number of alkyl halides is 1. The zero-order valence-corrected chi connectivity index (χ0v) is 12.7. The lowest BCUT2D eigenvalue weighted by molar-refractivity contribution is 0.406. The molecule has 1 aliphatic heterocycles. The Kier molecular flexibility index (Phi) is 4.80. The van der Waals surface area contributed by atoms with Gasteiger partial charge >= 0.3 is 0 Å². The second-order valence-corrected chi connectivity index (χ2v) is 5.83. The Bertz CT molecular complexity index is 381. The SMILES string of the molecule is CN(C)c1nccc(N2CCCC(CCBr)C2)n1. The molecule has 5 heteroatoms. The highest BCUT2D eigenvalue weighted by atomic mass is 79.9. The summed E-state index contributed by atoms with van der Waals surface area (Å²) in [5, 5.41) is 1.10. The highest BCUT2D eigenvalue weighted by molar-refractivity contribution is 9.09. The number of hydrogen-bond donors (Lipinski definition) is 0. The van der Waals surface area contributed by atoms with Gasteiger partial charge in [0.2, 0.25) is 5.95 Å². The molecule has 1 atom stereocenters. The van der Waals surface area contributed by atoms with Gasteiger partial charge in [-0.25, -0.2) is 4.98 Å².